The molecule has 0 aliphatic carbocycles. The van der Waals surface area contributed by atoms with Gasteiger partial charge in [0, 0.05) is 11.9 Å². The molecule has 0 unspecified atom stereocenters. The van der Waals surface area contributed by atoms with Crippen molar-refractivity contribution in [2.75, 3.05) is 5.32 Å². The molecular weight excluding hydrogens is 214 g/mol. The van der Waals surface area contributed by atoms with Gasteiger partial charge in [-0.05, 0) is 18.2 Å². The number of benzene rings is 1. The number of rotatable bonds is 2. The molecule has 0 atom stereocenters. The maximum Gasteiger partial charge on any atom is 0.145 e. The third-order valence-corrected chi connectivity index (χ3v) is 1.88. The quantitative estimate of drug-likeness (QED) is 0.762. The van der Waals surface area contributed by atoms with E-state index in [9.17, 15) is 0 Å². The second kappa shape index (κ2) is 5.56. The van der Waals surface area contributed by atoms with Gasteiger partial charge in [-0.3, -0.25) is 0 Å². The fourth-order valence-corrected chi connectivity index (χ4v) is 1.07. The summed E-state index contributed by atoms with van der Waals surface area (Å²) in [6.45, 7) is 0. The highest BCUT2D eigenvalue weighted by Crippen LogP contribution is 2.14. The summed E-state index contributed by atoms with van der Waals surface area (Å²) in [5.74, 6) is 0. The van der Waals surface area contributed by atoms with E-state index in [0.717, 1.165) is 0 Å². The first kappa shape index (κ1) is 11.8. The summed E-state index contributed by atoms with van der Waals surface area (Å²) in [6.07, 6.45) is 1.24. The van der Waals surface area contributed by atoms with Crippen LogP contribution in [-0.2, 0) is 0 Å². The molecule has 0 saturated carbocycles. The molecule has 0 heterocycles. The van der Waals surface area contributed by atoms with Crippen LogP contribution in [0.4, 0.5) is 5.69 Å². The van der Waals surface area contributed by atoms with E-state index in [1.807, 2.05) is 12.1 Å². The van der Waals surface area contributed by atoms with Crippen LogP contribution in [0.5, 0.6) is 0 Å². The fraction of sp³-hybridized carbons (Fsp3) is 0. The lowest BCUT2D eigenvalue weighted by atomic mass is 10.1. The average Bonchev–Trinajstić information content (AvgIpc) is 2.39. The Morgan fingerprint density at radius 2 is 1.65 bits per heavy atom. The molecule has 5 heteroatoms. The van der Waals surface area contributed by atoms with Gasteiger partial charge >= 0.3 is 0 Å². The topological polar surface area (TPSA) is 107 Å². The number of hydrogen-bond acceptors (Lipinski definition) is 5. The Morgan fingerprint density at radius 3 is 2.18 bits per heavy atom. The average molecular weight is 219 g/mol. The van der Waals surface area contributed by atoms with Crippen molar-refractivity contribution in [1.29, 1.82) is 21.0 Å². The van der Waals surface area contributed by atoms with E-state index in [4.69, 9.17) is 21.0 Å². The van der Waals surface area contributed by atoms with Gasteiger partial charge in [-0.1, -0.05) is 0 Å². The number of nitrogens with one attached hydrogen (secondary N) is 1. The summed E-state index contributed by atoms with van der Waals surface area (Å²) in [5.41, 5.74) is 0.973. The minimum absolute atomic E-state index is 0.0760. The van der Waals surface area contributed by atoms with Crippen molar-refractivity contribution in [3.63, 3.8) is 0 Å². The Hall–Kier alpha value is -3.28. The second-order valence-corrected chi connectivity index (χ2v) is 2.91. The number of nitriles is 4. The van der Waals surface area contributed by atoms with Gasteiger partial charge in [-0.2, -0.15) is 21.0 Å². The molecule has 78 valence electrons. The third-order valence-electron chi connectivity index (χ3n) is 1.88. The number of allylic oxidation sites excluding steroid dienone is 1. The number of anilines is 1. The maximum absolute atomic E-state index is 8.79. The highest BCUT2D eigenvalue weighted by Gasteiger charge is 2.02. The molecule has 5 nitrogen and oxygen atoms in total. The molecule has 0 aliphatic heterocycles. The molecular formula is C12H5N5. The van der Waals surface area contributed by atoms with E-state index >= 15 is 0 Å². The van der Waals surface area contributed by atoms with Gasteiger partial charge in [-0.15, -0.1) is 0 Å². The fourth-order valence-electron chi connectivity index (χ4n) is 1.07. The molecule has 0 amide bonds. The first-order chi connectivity index (χ1) is 8.24. The molecule has 1 N–H and O–H groups in total. The molecule has 1 aromatic rings. The van der Waals surface area contributed by atoms with Gasteiger partial charge in [-0.25, -0.2) is 0 Å². The summed E-state index contributed by atoms with van der Waals surface area (Å²) in [7, 11) is 0. The second-order valence-electron chi connectivity index (χ2n) is 2.91. The molecule has 0 saturated heterocycles. The van der Waals surface area contributed by atoms with Gasteiger partial charge in [0.25, 0.3) is 0 Å². The van der Waals surface area contributed by atoms with E-state index in [2.05, 4.69) is 5.32 Å². The van der Waals surface area contributed by atoms with Gasteiger partial charge in [0.1, 0.15) is 29.8 Å². The van der Waals surface area contributed by atoms with Crippen LogP contribution >= 0.6 is 0 Å². The van der Waals surface area contributed by atoms with Crippen molar-refractivity contribution in [2.24, 2.45) is 0 Å². The van der Waals surface area contributed by atoms with Gasteiger partial charge < -0.3 is 5.32 Å². The van der Waals surface area contributed by atoms with Crippen molar-refractivity contribution < 1.29 is 0 Å². The largest absolute Gasteiger partial charge is 0.360 e. The van der Waals surface area contributed by atoms with Gasteiger partial charge in [0.05, 0.1) is 11.1 Å². The van der Waals surface area contributed by atoms with Gasteiger partial charge in [0.15, 0.2) is 0 Å². The van der Waals surface area contributed by atoms with Crippen LogP contribution in [0.15, 0.2) is 30.0 Å². The lowest BCUT2D eigenvalue weighted by molar-refractivity contribution is 1.41. The summed E-state index contributed by atoms with van der Waals surface area (Å²) >= 11 is 0. The van der Waals surface area contributed by atoms with Crippen molar-refractivity contribution in [2.45, 2.75) is 0 Å². The van der Waals surface area contributed by atoms with Crippen LogP contribution in [0.1, 0.15) is 11.1 Å². The predicted molar refractivity (Wildman–Crippen MR) is 58.8 cm³/mol. The first-order valence-electron chi connectivity index (χ1n) is 4.46. The Bertz CT molecular complexity index is 613. The summed E-state index contributed by atoms with van der Waals surface area (Å²) in [4.78, 5) is 0. The molecule has 0 bridgehead atoms. The minimum Gasteiger partial charge on any atom is -0.360 e. The van der Waals surface area contributed by atoms with E-state index in [1.54, 1.807) is 18.2 Å². The van der Waals surface area contributed by atoms with Crippen molar-refractivity contribution >= 4 is 5.69 Å². The third kappa shape index (κ3) is 2.83. The Balaban J connectivity index is 3.02. The van der Waals surface area contributed by atoms with E-state index in [1.165, 1.54) is 18.3 Å². The summed E-state index contributed by atoms with van der Waals surface area (Å²) in [5, 5.41) is 37.2. The smallest absolute Gasteiger partial charge is 0.145 e. The van der Waals surface area contributed by atoms with E-state index in [0.29, 0.717) is 5.69 Å². The highest BCUT2D eigenvalue weighted by atomic mass is 14.8. The standard InChI is InChI=1S/C12H5N5/c13-4-9(5-14)8-17-12-2-1-10(6-15)11(3-12)7-16/h1-3,8,17H. The minimum atomic E-state index is -0.0760. The Labute approximate surface area is 98.1 Å². The molecule has 0 aliphatic rings. The zero-order chi connectivity index (χ0) is 12.7. The zero-order valence-electron chi connectivity index (χ0n) is 8.60. The molecule has 0 aromatic heterocycles. The van der Waals surface area contributed by atoms with Crippen LogP contribution in [0, 0.1) is 45.3 Å². The monoisotopic (exact) mass is 219 g/mol. The van der Waals surface area contributed by atoms with Crippen molar-refractivity contribution in [3.8, 4) is 24.3 Å². The summed E-state index contributed by atoms with van der Waals surface area (Å²) in [6, 6.07) is 11.7. The number of hydrogen-bond donors (Lipinski definition) is 1. The SMILES string of the molecule is N#CC(C#N)=CNc1ccc(C#N)c(C#N)c1. The molecule has 0 radical (unpaired) electrons. The summed E-state index contributed by atoms with van der Waals surface area (Å²) < 4.78 is 0. The Morgan fingerprint density at radius 1 is 1.00 bits per heavy atom. The van der Waals surface area contributed by atoms with Crippen LogP contribution in [-0.4, -0.2) is 0 Å². The molecule has 1 rings (SSSR count). The normalized spacial score (nSPS) is 7.76. The molecule has 17 heavy (non-hydrogen) atoms. The van der Waals surface area contributed by atoms with Crippen LogP contribution in [0.3, 0.4) is 0 Å². The van der Waals surface area contributed by atoms with E-state index < -0.39 is 0 Å². The van der Waals surface area contributed by atoms with Gasteiger partial charge in [0.2, 0.25) is 0 Å². The first-order valence-corrected chi connectivity index (χ1v) is 4.46. The molecule has 0 spiro atoms. The molecule has 0 fully saturated rings. The zero-order valence-corrected chi connectivity index (χ0v) is 8.60. The van der Waals surface area contributed by atoms with Crippen molar-refractivity contribution in [1.82, 2.24) is 0 Å². The van der Waals surface area contributed by atoms with Crippen molar-refractivity contribution in [3.05, 3.63) is 41.1 Å². The van der Waals surface area contributed by atoms with Crippen LogP contribution < -0.4 is 5.32 Å². The predicted octanol–water partition coefficient (Wildman–Crippen LogP) is 1.77. The van der Waals surface area contributed by atoms with Crippen LogP contribution in [0.25, 0.3) is 0 Å². The van der Waals surface area contributed by atoms with E-state index in [-0.39, 0.29) is 16.7 Å². The lowest BCUT2D eigenvalue weighted by Crippen LogP contribution is -1.92. The Kier molecular flexibility index (Phi) is 3.86. The highest BCUT2D eigenvalue weighted by molar-refractivity contribution is 5.58. The molecule has 1 aromatic carbocycles. The number of nitrogens with zero attached hydrogens (tertiary/aromatic N) is 4. The lowest BCUT2D eigenvalue weighted by Gasteiger charge is -2.01. The maximum atomic E-state index is 8.79. The van der Waals surface area contributed by atoms with Crippen LogP contribution in [0.2, 0.25) is 0 Å².